The second-order valence-corrected chi connectivity index (χ2v) is 6.28. The van der Waals surface area contributed by atoms with Crippen LogP contribution in [0.1, 0.15) is 85.0 Å². The average Bonchev–Trinajstić information content (AvgIpc) is 2.44. The van der Waals surface area contributed by atoms with E-state index in [9.17, 15) is 4.79 Å². The maximum Gasteiger partial charge on any atom is 0.335 e. The van der Waals surface area contributed by atoms with Crippen LogP contribution in [0.5, 0.6) is 0 Å². The van der Waals surface area contributed by atoms with Crippen molar-refractivity contribution in [2.24, 2.45) is 5.92 Å². The third-order valence-corrected chi connectivity index (χ3v) is 3.83. The maximum absolute atomic E-state index is 11.5. The van der Waals surface area contributed by atoms with Gasteiger partial charge in [0.25, 0.3) is 0 Å². The Kier molecular flexibility index (Phi) is 14.0. The second-order valence-electron chi connectivity index (χ2n) is 6.28. The van der Waals surface area contributed by atoms with Gasteiger partial charge in [-0.3, -0.25) is 0 Å². The number of hydrogen-bond donors (Lipinski definition) is 0. The van der Waals surface area contributed by atoms with Gasteiger partial charge in [-0.1, -0.05) is 71.6 Å². The standard InChI is InChI=1S/C18H36O3/c1-5-21-18(19)17(20-4)15-13-11-9-7-6-8-10-12-14-16(2)3/h16-17H,5-15H2,1-4H3. The van der Waals surface area contributed by atoms with Gasteiger partial charge in [-0.2, -0.15) is 0 Å². The summed E-state index contributed by atoms with van der Waals surface area (Å²) in [4.78, 5) is 11.5. The Labute approximate surface area is 131 Å². The third kappa shape index (κ3) is 12.9. The van der Waals surface area contributed by atoms with Crippen LogP contribution in [0.3, 0.4) is 0 Å². The van der Waals surface area contributed by atoms with E-state index in [0.29, 0.717) is 6.61 Å². The highest BCUT2D eigenvalue weighted by Gasteiger charge is 2.17. The van der Waals surface area contributed by atoms with E-state index >= 15 is 0 Å². The molecule has 3 nitrogen and oxygen atoms in total. The van der Waals surface area contributed by atoms with E-state index in [0.717, 1.165) is 18.8 Å². The SMILES string of the molecule is CCOC(=O)C(CCCCCCCCCCC(C)C)OC. The predicted octanol–water partition coefficient (Wildman–Crippen LogP) is 5.12. The monoisotopic (exact) mass is 300 g/mol. The number of methoxy groups -OCH3 is 1. The molecule has 0 aliphatic carbocycles. The molecule has 0 saturated carbocycles. The van der Waals surface area contributed by atoms with Crippen molar-refractivity contribution in [1.82, 2.24) is 0 Å². The zero-order valence-electron chi connectivity index (χ0n) is 14.7. The van der Waals surface area contributed by atoms with Gasteiger partial charge in [-0.15, -0.1) is 0 Å². The van der Waals surface area contributed by atoms with Crippen molar-refractivity contribution in [2.45, 2.75) is 91.1 Å². The molecule has 0 radical (unpaired) electrons. The molecule has 0 aromatic heterocycles. The highest BCUT2D eigenvalue weighted by molar-refractivity contribution is 5.74. The van der Waals surface area contributed by atoms with Gasteiger partial charge in [0.1, 0.15) is 0 Å². The van der Waals surface area contributed by atoms with Crippen molar-refractivity contribution in [3.63, 3.8) is 0 Å². The summed E-state index contributed by atoms with van der Waals surface area (Å²) in [7, 11) is 1.58. The van der Waals surface area contributed by atoms with Crippen molar-refractivity contribution < 1.29 is 14.3 Å². The van der Waals surface area contributed by atoms with Crippen molar-refractivity contribution in [3.05, 3.63) is 0 Å². The van der Waals surface area contributed by atoms with Gasteiger partial charge in [-0.05, 0) is 19.3 Å². The molecule has 0 heterocycles. The zero-order valence-corrected chi connectivity index (χ0v) is 14.7. The molecule has 0 aromatic carbocycles. The fourth-order valence-electron chi connectivity index (χ4n) is 2.51. The molecule has 3 heteroatoms. The molecular formula is C18H36O3. The molecule has 126 valence electrons. The van der Waals surface area contributed by atoms with E-state index < -0.39 is 0 Å². The van der Waals surface area contributed by atoms with Crippen LogP contribution >= 0.6 is 0 Å². The summed E-state index contributed by atoms with van der Waals surface area (Å²) in [5.74, 6) is 0.628. The quantitative estimate of drug-likeness (QED) is 0.330. The van der Waals surface area contributed by atoms with Crippen LogP contribution in [-0.4, -0.2) is 25.8 Å². The third-order valence-electron chi connectivity index (χ3n) is 3.83. The molecule has 0 amide bonds. The smallest absolute Gasteiger partial charge is 0.335 e. The Bertz CT molecular complexity index is 239. The Morgan fingerprint density at radius 3 is 1.76 bits per heavy atom. The molecule has 0 N–H and O–H groups in total. The lowest BCUT2D eigenvalue weighted by molar-refractivity contribution is -0.155. The lowest BCUT2D eigenvalue weighted by Gasteiger charge is -2.13. The van der Waals surface area contributed by atoms with Crippen LogP contribution in [0.15, 0.2) is 0 Å². The number of esters is 1. The van der Waals surface area contributed by atoms with Crippen molar-refractivity contribution in [2.75, 3.05) is 13.7 Å². The molecular weight excluding hydrogens is 264 g/mol. The van der Waals surface area contributed by atoms with Crippen LogP contribution in [0.4, 0.5) is 0 Å². The number of hydrogen-bond acceptors (Lipinski definition) is 3. The van der Waals surface area contributed by atoms with E-state index in [2.05, 4.69) is 13.8 Å². The predicted molar refractivity (Wildman–Crippen MR) is 88.4 cm³/mol. The maximum atomic E-state index is 11.5. The molecule has 1 unspecified atom stereocenters. The summed E-state index contributed by atoms with van der Waals surface area (Å²) < 4.78 is 10.2. The van der Waals surface area contributed by atoms with Crippen LogP contribution in [0.25, 0.3) is 0 Å². The minimum atomic E-state index is -0.374. The molecule has 0 bridgehead atoms. The van der Waals surface area contributed by atoms with Crippen LogP contribution in [-0.2, 0) is 14.3 Å². The van der Waals surface area contributed by atoms with Gasteiger partial charge in [0.2, 0.25) is 0 Å². The molecule has 21 heavy (non-hydrogen) atoms. The molecule has 0 aromatic rings. The number of ether oxygens (including phenoxy) is 2. The minimum Gasteiger partial charge on any atom is -0.464 e. The lowest BCUT2D eigenvalue weighted by Crippen LogP contribution is -2.25. The first-order chi connectivity index (χ1) is 10.1. The Morgan fingerprint density at radius 1 is 0.857 bits per heavy atom. The van der Waals surface area contributed by atoms with Gasteiger partial charge in [0, 0.05) is 7.11 Å². The summed E-state index contributed by atoms with van der Waals surface area (Å²) >= 11 is 0. The Balaban J connectivity index is 3.36. The molecule has 0 aliphatic rings. The van der Waals surface area contributed by atoms with Crippen molar-refractivity contribution in [3.8, 4) is 0 Å². The first-order valence-corrected chi connectivity index (χ1v) is 8.81. The fraction of sp³-hybridized carbons (Fsp3) is 0.944. The zero-order chi connectivity index (χ0) is 15.9. The van der Waals surface area contributed by atoms with Crippen LogP contribution in [0, 0.1) is 5.92 Å². The largest absolute Gasteiger partial charge is 0.464 e. The number of rotatable bonds is 14. The van der Waals surface area contributed by atoms with Crippen molar-refractivity contribution >= 4 is 5.97 Å². The van der Waals surface area contributed by atoms with Crippen LogP contribution < -0.4 is 0 Å². The summed E-state index contributed by atoms with van der Waals surface area (Å²) in [6, 6.07) is 0. The van der Waals surface area contributed by atoms with E-state index in [1.54, 1.807) is 7.11 Å². The van der Waals surface area contributed by atoms with E-state index in [-0.39, 0.29) is 12.1 Å². The van der Waals surface area contributed by atoms with Gasteiger partial charge >= 0.3 is 5.97 Å². The van der Waals surface area contributed by atoms with E-state index in [1.165, 1.54) is 51.4 Å². The lowest BCUT2D eigenvalue weighted by atomic mass is 10.0. The summed E-state index contributed by atoms with van der Waals surface area (Å²) in [6.07, 6.45) is 12.1. The van der Waals surface area contributed by atoms with Gasteiger partial charge in [-0.25, -0.2) is 4.79 Å². The molecule has 0 rings (SSSR count). The normalized spacial score (nSPS) is 12.6. The highest BCUT2D eigenvalue weighted by Crippen LogP contribution is 2.14. The summed E-state index contributed by atoms with van der Waals surface area (Å²) in [5.41, 5.74) is 0. The molecule has 0 fully saturated rings. The minimum absolute atomic E-state index is 0.217. The van der Waals surface area contributed by atoms with E-state index in [4.69, 9.17) is 9.47 Å². The highest BCUT2D eigenvalue weighted by atomic mass is 16.6. The van der Waals surface area contributed by atoms with Crippen molar-refractivity contribution in [1.29, 1.82) is 0 Å². The Hall–Kier alpha value is -0.570. The molecule has 1 atom stereocenters. The van der Waals surface area contributed by atoms with E-state index in [1.807, 2.05) is 6.92 Å². The fourth-order valence-corrected chi connectivity index (χ4v) is 2.51. The second kappa shape index (κ2) is 14.4. The first kappa shape index (κ1) is 20.4. The molecule has 0 aliphatic heterocycles. The number of carbonyl (C=O) groups excluding carboxylic acids is 1. The number of carbonyl (C=O) groups is 1. The summed E-state index contributed by atoms with van der Waals surface area (Å²) in [5, 5.41) is 0. The molecule has 0 saturated heterocycles. The average molecular weight is 300 g/mol. The molecule has 0 spiro atoms. The van der Waals surface area contributed by atoms with Gasteiger partial charge < -0.3 is 9.47 Å². The van der Waals surface area contributed by atoms with Gasteiger partial charge in [0.05, 0.1) is 6.61 Å². The topological polar surface area (TPSA) is 35.5 Å². The summed E-state index contributed by atoms with van der Waals surface area (Å²) in [6.45, 7) is 6.84. The van der Waals surface area contributed by atoms with Crippen LogP contribution in [0.2, 0.25) is 0 Å². The number of unbranched alkanes of at least 4 members (excludes halogenated alkanes) is 7. The first-order valence-electron chi connectivity index (χ1n) is 8.81. The Morgan fingerprint density at radius 2 is 1.33 bits per heavy atom. The van der Waals surface area contributed by atoms with Gasteiger partial charge in [0.15, 0.2) is 6.10 Å².